The Morgan fingerprint density at radius 2 is 2.12 bits per heavy atom. The molecule has 0 saturated carbocycles. The number of fused-ring (bicyclic) bond motifs is 3. The fraction of sp³-hybridized carbons (Fsp3) is 0.421. The maximum absolute atomic E-state index is 12.8. The SMILES string of the molecule is Cc1ccc(O)c(C2NC(=O)c3c(sc4c3CCN(C(C)C)C4)N2)c1. The van der Waals surface area contributed by atoms with Crippen molar-refractivity contribution in [1.82, 2.24) is 10.2 Å². The first-order valence-corrected chi connectivity index (χ1v) is 9.51. The topological polar surface area (TPSA) is 64.6 Å². The molecule has 132 valence electrons. The van der Waals surface area contributed by atoms with E-state index in [2.05, 4.69) is 29.4 Å². The van der Waals surface area contributed by atoms with Gasteiger partial charge in [0.2, 0.25) is 0 Å². The van der Waals surface area contributed by atoms with E-state index in [0.717, 1.165) is 35.6 Å². The lowest BCUT2D eigenvalue weighted by Gasteiger charge is -2.31. The van der Waals surface area contributed by atoms with Gasteiger partial charge >= 0.3 is 0 Å². The van der Waals surface area contributed by atoms with Crippen LogP contribution in [0.4, 0.5) is 5.00 Å². The average Bonchev–Trinajstić information content (AvgIpc) is 2.94. The quantitative estimate of drug-likeness (QED) is 0.771. The minimum absolute atomic E-state index is 0.0462. The van der Waals surface area contributed by atoms with Gasteiger partial charge in [-0.1, -0.05) is 11.6 Å². The molecule has 2 aromatic rings. The Morgan fingerprint density at radius 3 is 2.88 bits per heavy atom. The van der Waals surface area contributed by atoms with Crippen LogP contribution in [0.2, 0.25) is 0 Å². The molecule has 1 aromatic carbocycles. The summed E-state index contributed by atoms with van der Waals surface area (Å²) in [7, 11) is 0. The Kier molecular flexibility index (Phi) is 3.96. The van der Waals surface area contributed by atoms with Gasteiger partial charge in [0.25, 0.3) is 5.91 Å². The number of nitrogens with one attached hydrogen (secondary N) is 2. The van der Waals surface area contributed by atoms with Crippen molar-refractivity contribution in [2.75, 3.05) is 11.9 Å². The summed E-state index contributed by atoms with van der Waals surface area (Å²) < 4.78 is 0. The molecule has 2 aliphatic heterocycles. The predicted molar refractivity (Wildman–Crippen MR) is 100 cm³/mol. The van der Waals surface area contributed by atoms with E-state index in [9.17, 15) is 9.90 Å². The maximum Gasteiger partial charge on any atom is 0.256 e. The van der Waals surface area contributed by atoms with Gasteiger partial charge in [0.05, 0.1) is 5.56 Å². The van der Waals surface area contributed by atoms with Crippen molar-refractivity contribution in [3.05, 3.63) is 45.3 Å². The number of nitrogens with zero attached hydrogens (tertiary/aromatic N) is 1. The fourth-order valence-electron chi connectivity index (χ4n) is 3.64. The number of phenols is 1. The summed E-state index contributed by atoms with van der Waals surface area (Å²) in [6, 6.07) is 5.95. The second-order valence-electron chi connectivity index (χ2n) is 7.14. The summed E-state index contributed by atoms with van der Waals surface area (Å²) in [6.07, 6.45) is 0.510. The van der Waals surface area contributed by atoms with Crippen LogP contribution < -0.4 is 10.6 Å². The van der Waals surface area contributed by atoms with Crippen molar-refractivity contribution in [1.29, 1.82) is 0 Å². The highest BCUT2D eigenvalue weighted by Crippen LogP contribution is 2.41. The van der Waals surface area contributed by atoms with Crippen molar-refractivity contribution in [2.45, 2.75) is 45.9 Å². The first-order valence-electron chi connectivity index (χ1n) is 8.69. The van der Waals surface area contributed by atoms with Gasteiger partial charge in [-0.25, -0.2) is 0 Å². The Morgan fingerprint density at radius 1 is 1.32 bits per heavy atom. The van der Waals surface area contributed by atoms with Crippen molar-refractivity contribution < 1.29 is 9.90 Å². The Labute approximate surface area is 151 Å². The molecule has 3 N–H and O–H groups in total. The summed E-state index contributed by atoms with van der Waals surface area (Å²) >= 11 is 1.68. The molecule has 1 unspecified atom stereocenters. The molecular weight excluding hydrogens is 334 g/mol. The van der Waals surface area contributed by atoms with E-state index in [1.165, 1.54) is 10.4 Å². The number of rotatable bonds is 2. The average molecular weight is 357 g/mol. The van der Waals surface area contributed by atoms with Crippen LogP contribution in [0.3, 0.4) is 0 Å². The third kappa shape index (κ3) is 2.79. The highest BCUT2D eigenvalue weighted by atomic mass is 32.1. The third-order valence-electron chi connectivity index (χ3n) is 5.09. The minimum Gasteiger partial charge on any atom is -0.508 e. The van der Waals surface area contributed by atoms with Crippen LogP contribution in [-0.2, 0) is 13.0 Å². The fourth-order valence-corrected chi connectivity index (χ4v) is 4.94. The second kappa shape index (κ2) is 6.04. The Hall–Kier alpha value is -2.05. The molecule has 0 bridgehead atoms. The number of carbonyl (C=O) groups excluding carboxylic acids is 1. The second-order valence-corrected chi connectivity index (χ2v) is 8.24. The highest BCUT2D eigenvalue weighted by Gasteiger charge is 2.34. The number of hydrogen-bond acceptors (Lipinski definition) is 5. The van der Waals surface area contributed by atoms with E-state index >= 15 is 0 Å². The van der Waals surface area contributed by atoms with Gasteiger partial charge in [-0.2, -0.15) is 0 Å². The van der Waals surface area contributed by atoms with Gasteiger partial charge in [-0.3, -0.25) is 9.69 Å². The summed E-state index contributed by atoms with van der Waals surface area (Å²) in [4.78, 5) is 16.5. The number of phenolic OH excluding ortho intramolecular Hbond substituents is 1. The van der Waals surface area contributed by atoms with E-state index in [1.54, 1.807) is 17.4 Å². The number of amides is 1. The highest BCUT2D eigenvalue weighted by molar-refractivity contribution is 7.16. The molecule has 3 heterocycles. The molecule has 0 fully saturated rings. The zero-order valence-electron chi connectivity index (χ0n) is 14.7. The number of aryl methyl sites for hydroxylation is 1. The monoisotopic (exact) mass is 357 g/mol. The van der Waals surface area contributed by atoms with Gasteiger partial charge in [0.15, 0.2) is 0 Å². The number of carbonyl (C=O) groups is 1. The largest absolute Gasteiger partial charge is 0.508 e. The lowest BCUT2D eigenvalue weighted by molar-refractivity contribution is 0.0934. The first kappa shape index (κ1) is 16.4. The molecule has 6 heteroatoms. The Bertz CT molecular complexity index is 843. The number of aromatic hydroxyl groups is 1. The lowest BCUT2D eigenvalue weighted by Crippen LogP contribution is -2.39. The van der Waals surface area contributed by atoms with Gasteiger partial charge in [-0.15, -0.1) is 11.3 Å². The molecule has 1 atom stereocenters. The number of thiophene rings is 1. The molecule has 0 aliphatic carbocycles. The van der Waals surface area contributed by atoms with E-state index < -0.39 is 6.17 Å². The van der Waals surface area contributed by atoms with E-state index in [0.29, 0.717) is 11.6 Å². The van der Waals surface area contributed by atoms with Crippen molar-refractivity contribution >= 4 is 22.2 Å². The van der Waals surface area contributed by atoms with Crippen LogP contribution >= 0.6 is 11.3 Å². The zero-order chi connectivity index (χ0) is 17.7. The van der Waals surface area contributed by atoms with Crippen molar-refractivity contribution in [3.8, 4) is 5.75 Å². The van der Waals surface area contributed by atoms with Crippen LogP contribution in [0.1, 0.15) is 51.9 Å². The van der Waals surface area contributed by atoms with Gasteiger partial charge in [0.1, 0.15) is 16.9 Å². The van der Waals surface area contributed by atoms with E-state index in [-0.39, 0.29) is 11.7 Å². The smallest absolute Gasteiger partial charge is 0.256 e. The van der Waals surface area contributed by atoms with Crippen LogP contribution in [0.25, 0.3) is 0 Å². The maximum atomic E-state index is 12.8. The molecule has 2 aliphatic rings. The minimum atomic E-state index is -0.402. The molecule has 25 heavy (non-hydrogen) atoms. The zero-order valence-corrected chi connectivity index (χ0v) is 15.5. The van der Waals surface area contributed by atoms with Crippen molar-refractivity contribution in [3.63, 3.8) is 0 Å². The van der Waals surface area contributed by atoms with E-state index in [1.807, 2.05) is 19.1 Å². The van der Waals surface area contributed by atoms with Crippen LogP contribution in [0, 0.1) is 6.92 Å². The molecule has 4 rings (SSSR count). The van der Waals surface area contributed by atoms with Crippen LogP contribution in [-0.4, -0.2) is 28.5 Å². The van der Waals surface area contributed by atoms with Crippen LogP contribution in [0.15, 0.2) is 18.2 Å². The molecule has 1 aromatic heterocycles. The standard InChI is InChI=1S/C19H23N3O2S/c1-10(2)22-7-6-12-15(9-22)25-19-16(12)18(24)20-17(21-19)13-8-11(3)4-5-14(13)23/h4-5,8,10,17,21,23H,6-7,9H2,1-3H3,(H,20,24). The van der Waals surface area contributed by atoms with Crippen LogP contribution in [0.5, 0.6) is 5.75 Å². The van der Waals surface area contributed by atoms with Crippen molar-refractivity contribution in [2.24, 2.45) is 0 Å². The lowest BCUT2D eigenvalue weighted by atomic mass is 9.99. The molecule has 5 nitrogen and oxygen atoms in total. The summed E-state index contributed by atoms with van der Waals surface area (Å²) in [5.41, 5.74) is 3.74. The van der Waals surface area contributed by atoms with Gasteiger partial charge in [0, 0.05) is 29.6 Å². The molecule has 0 spiro atoms. The number of hydrogen-bond donors (Lipinski definition) is 3. The first-order chi connectivity index (χ1) is 11.9. The molecule has 0 radical (unpaired) electrons. The summed E-state index contributed by atoms with van der Waals surface area (Å²) in [5, 5.41) is 17.5. The predicted octanol–water partition coefficient (Wildman–Crippen LogP) is 3.38. The summed E-state index contributed by atoms with van der Waals surface area (Å²) in [5.74, 6) is 0.148. The molecule has 0 saturated heterocycles. The third-order valence-corrected chi connectivity index (χ3v) is 6.24. The van der Waals surface area contributed by atoms with Gasteiger partial charge < -0.3 is 15.7 Å². The normalized spacial score (nSPS) is 20.0. The summed E-state index contributed by atoms with van der Waals surface area (Å²) in [6.45, 7) is 8.28. The molecular formula is C19H23N3O2S. The Balaban J connectivity index is 1.68. The number of benzene rings is 1. The molecule has 1 amide bonds. The van der Waals surface area contributed by atoms with Gasteiger partial charge in [-0.05, 0) is 44.9 Å². The number of anilines is 1. The van der Waals surface area contributed by atoms with E-state index in [4.69, 9.17) is 0 Å².